The van der Waals surface area contributed by atoms with Crippen LogP contribution in [-0.2, 0) is 6.42 Å². The molecule has 1 aromatic heterocycles. The SMILES string of the molecule is Cc1nc(-c2ccc(F)cc2)sc1C(=O)N1[C@H]2CCC[C@H]3N[C@H](Cc4ccccc4)[C@@H]1C[C@@]23C. The molecule has 1 saturated carbocycles. The molecule has 0 unspecified atom stereocenters. The summed E-state index contributed by atoms with van der Waals surface area (Å²) in [6, 6.07) is 18.1. The van der Waals surface area contributed by atoms with Gasteiger partial charge in [-0.25, -0.2) is 9.37 Å². The summed E-state index contributed by atoms with van der Waals surface area (Å²) in [7, 11) is 0. The van der Waals surface area contributed by atoms with E-state index in [1.807, 2.05) is 6.92 Å². The standard InChI is InChI=1S/C28H30FN3OS/c1-17-25(34-26(30-17)19-11-13-20(29)14-12-19)27(33)32-22-16-28(2)23(9-6-10-24(28)32)31-21(22)15-18-7-4-3-5-8-18/h3-5,7-8,11-14,21-24,31H,6,9-10,15-16H2,1-2H3/t21-,22+,23-,24+,28-/m1/s1. The molecule has 0 radical (unpaired) electrons. The number of carbonyl (C=O) groups excluding carboxylic acids is 1. The zero-order valence-electron chi connectivity index (χ0n) is 19.6. The maximum atomic E-state index is 14.2. The zero-order chi connectivity index (χ0) is 23.4. The number of likely N-dealkylation sites (tertiary alicyclic amines) is 1. The Morgan fingerprint density at radius 1 is 1.18 bits per heavy atom. The van der Waals surface area contributed by atoms with Gasteiger partial charge in [0.2, 0.25) is 0 Å². The lowest BCUT2D eigenvalue weighted by Crippen LogP contribution is -2.58. The molecule has 34 heavy (non-hydrogen) atoms. The van der Waals surface area contributed by atoms with E-state index in [0.717, 1.165) is 46.8 Å². The summed E-state index contributed by atoms with van der Waals surface area (Å²) >= 11 is 1.44. The van der Waals surface area contributed by atoms with Crippen molar-refractivity contribution in [3.63, 3.8) is 0 Å². The fourth-order valence-corrected chi connectivity index (χ4v) is 7.70. The highest BCUT2D eigenvalue weighted by Gasteiger charge is 2.61. The summed E-state index contributed by atoms with van der Waals surface area (Å²) in [6.45, 7) is 4.31. The van der Waals surface area contributed by atoms with Crippen LogP contribution in [0.15, 0.2) is 54.6 Å². The minimum absolute atomic E-state index is 0.115. The predicted octanol–water partition coefficient (Wildman–Crippen LogP) is 5.61. The number of aryl methyl sites for hydroxylation is 1. The van der Waals surface area contributed by atoms with E-state index in [-0.39, 0.29) is 35.3 Å². The highest BCUT2D eigenvalue weighted by atomic mass is 32.1. The minimum Gasteiger partial charge on any atom is -0.330 e. The highest BCUT2D eigenvalue weighted by Crippen LogP contribution is 2.54. The Hall–Kier alpha value is -2.57. The molecule has 6 heteroatoms. The number of piperidine rings is 1. The number of nitrogens with zero attached hydrogens (tertiary/aromatic N) is 2. The fourth-order valence-electron chi connectivity index (χ4n) is 6.68. The van der Waals surface area contributed by atoms with Gasteiger partial charge in [-0.15, -0.1) is 11.3 Å². The summed E-state index contributed by atoms with van der Waals surface area (Å²) in [6.07, 6.45) is 5.38. The second-order valence-corrected chi connectivity index (χ2v) is 11.4. The van der Waals surface area contributed by atoms with Gasteiger partial charge in [-0.05, 0) is 68.9 Å². The van der Waals surface area contributed by atoms with E-state index >= 15 is 0 Å². The van der Waals surface area contributed by atoms with Crippen molar-refractivity contribution < 1.29 is 9.18 Å². The molecule has 2 aliphatic heterocycles. The summed E-state index contributed by atoms with van der Waals surface area (Å²) in [5.74, 6) is -0.153. The third-order valence-electron chi connectivity index (χ3n) is 8.36. The molecule has 2 bridgehead atoms. The topological polar surface area (TPSA) is 45.2 Å². The molecule has 3 heterocycles. The van der Waals surface area contributed by atoms with Crippen LogP contribution >= 0.6 is 11.3 Å². The molecule has 5 atom stereocenters. The molecule has 1 N–H and O–H groups in total. The van der Waals surface area contributed by atoms with Crippen molar-refractivity contribution in [3.05, 3.63) is 76.5 Å². The zero-order valence-corrected chi connectivity index (χ0v) is 20.4. The molecule has 2 aromatic carbocycles. The summed E-state index contributed by atoms with van der Waals surface area (Å²) in [4.78, 5) is 21.8. The van der Waals surface area contributed by atoms with Gasteiger partial charge in [-0.2, -0.15) is 0 Å². The molecule has 176 valence electrons. The summed E-state index contributed by atoms with van der Waals surface area (Å²) in [5, 5.41) is 4.75. The van der Waals surface area contributed by atoms with Crippen LogP contribution in [0.25, 0.3) is 10.6 Å². The van der Waals surface area contributed by atoms with Gasteiger partial charge in [-0.3, -0.25) is 4.79 Å². The Kier molecular flexibility index (Phi) is 5.34. The second kappa shape index (κ2) is 8.28. The van der Waals surface area contributed by atoms with Gasteiger partial charge in [0.15, 0.2) is 0 Å². The van der Waals surface area contributed by atoms with Crippen molar-refractivity contribution in [2.45, 2.75) is 70.1 Å². The number of fused-ring (bicyclic) bond motifs is 1. The lowest BCUT2D eigenvalue weighted by molar-refractivity contribution is 0.0562. The molecule has 3 aliphatic rings. The number of benzene rings is 2. The first kappa shape index (κ1) is 21.9. The quantitative estimate of drug-likeness (QED) is 0.533. The van der Waals surface area contributed by atoms with Gasteiger partial charge in [0.05, 0.1) is 5.69 Å². The van der Waals surface area contributed by atoms with E-state index in [9.17, 15) is 9.18 Å². The summed E-state index contributed by atoms with van der Waals surface area (Å²) in [5.41, 5.74) is 3.04. The molecular weight excluding hydrogens is 445 g/mol. The molecule has 3 aromatic rings. The average molecular weight is 476 g/mol. The molecule has 1 amide bonds. The Bertz CT molecular complexity index is 1210. The normalized spacial score (nSPS) is 29.9. The van der Waals surface area contributed by atoms with E-state index in [1.54, 1.807) is 12.1 Å². The van der Waals surface area contributed by atoms with E-state index in [1.165, 1.54) is 35.5 Å². The monoisotopic (exact) mass is 475 g/mol. The predicted molar refractivity (Wildman–Crippen MR) is 133 cm³/mol. The van der Waals surface area contributed by atoms with E-state index in [0.29, 0.717) is 6.04 Å². The Morgan fingerprint density at radius 2 is 1.94 bits per heavy atom. The molecule has 3 fully saturated rings. The Labute approximate surface area is 204 Å². The molecule has 0 spiro atoms. The van der Waals surface area contributed by atoms with Gasteiger partial charge in [0, 0.05) is 35.1 Å². The molecule has 6 rings (SSSR count). The van der Waals surface area contributed by atoms with E-state index in [2.05, 4.69) is 47.5 Å². The number of hydrogen-bond donors (Lipinski definition) is 1. The van der Waals surface area contributed by atoms with Crippen LogP contribution in [0.1, 0.15) is 53.5 Å². The van der Waals surface area contributed by atoms with Crippen LogP contribution in [-0.4, -0.2) is 40.0 Å². The maximum absolute atomic E-state index is 14.2. The van der Waals surface area contributed by atoms with Crippen LogP contribution in [0.4, 0.5) is 4.39 Å². The number of amides is 1. The van der Waals surface area contributed by atoms with E-state index < -0.39 is 0 Å². The number of carbonyl (C=O) groups is 1. The number of halogens is 1. The first-order valence-corrected chi connectivity index (χ1v) is 13.1. The molecule has 1 aliphatic carbocycles. The largest absolute Gasteiger partial charge is 0.330 e. The van der Waals surface area contributed by atoms with Gasteiger partial charge < -0.3 is 10.2 Å². The van der Waals surface area contributed by atoms with Crippen LogP contribution in [0.5, 0.6) is 0 Å². The molecule has 2 saturated heterocycles. The first-order valence-electron chi connectivity index (χ1n) is 12.3. The Morgan fingerprint density at radius 3 is 2.71 bits per heavy atom. The number of thiazole rings is 1. The van der Waals surface area contributed by atoms with Crippen molar-refractivity contribution in [2.24, 2.45) is 5.41 Å². The van der Waals surface area contributed by atoms with Crippen LogP contribution in [0.3, 0.4) is 0 Å². The highest BCUT2D eigenvalue weighted by molar-refractivity contribution is 7.17. The number of hydrogen-bond acceptors (Lipinski definition) is 4. The number of rotatable bonds is 4. The molecular formula is C28H30FN3OS. The summed E-state index contributed by atoms with van der Waals surface area (Å²) < 4.78 is 13.4. The second-order valence-electron chi connectivity index (χ2n) is 10.4. The third-order valence-corrected chi connectivity index (χ3v) is 9.56. The minimum atomic E-state index is -0.269. The first-order chi connectivity index (χ1) is 16.4. The molecule has 4 nitrogen and oxygen atoms in total. The van der Waals surface area contributed by atoms with Crippen molar-refractivity contribution in [1.82, 2.24) is 15.2 Å². The van der Waals surface area contributed by atoms with Gasteiger partial charge >= 0.3 is 0 Å². The average Bonchev–Trinajstić information content (AvgIpc) is 3.37. The van der Waals surface area contributed by atoms with Crippen LogP contribution in [0, 0.1) is 18.2 Å². The number of nitrogens with one attached hydrogen (secondary N) is 1. The van der Waals surface area contributed by atoms with Gasteiger partial charge in [-0.1, -0.05) is 37.3 Å². The van der Waals surface area contributed by atoms with Crippen molar-refractivity contribution in [1.29, 1.82) is 0 Å². The van der Waals surface area contributed by atoms with Gasteiger partial charge in [0.1, 0.15) is 15.7 Å². The smallest absolute Gasteiger partial charge is 0.266 e. The van der Waals surface area contributed by atoms with Crippen molar-refractivity contribution >= 4 is 17.2 Å². The number of aromatic nitrogens is 1. The lowest BCUT2D eigenvalue weighted by Gasteiger charge is -2.46. The van der Waals surface area contributed by atoms with E-state index in [4.69, 9.17) is 4.98 Å². The maximum Gasteiger partial charge on any atom is 0.266 e. The van der Waals surface area contributed by atoms with Crippen molar-refractivity contribution in [3.8, 4) is 10.6 Å². The van der Waals surface area contributed by atoms with Crippen LogP contribution < -0.4 is 5.32 Å². The third kappa shape index (κ3) is 3.50. The fraction of sp³-hybridized carbons (Fsp3) is 0.429. The van der Waals surface area contributed by atoms with Gasteiger partial charge in [0.25, 0.3) is 5.91 Å². The van der Waals surface area contributed by atoms with Crippen molar-refractivity contribution in [2.75, 3.05) is 0 Å². The lowest BCUT2D eigenvalue weighted by atomic mass is 9.65. The van der Waals surface area contributed by atoms with Crippen LogP contribution in [0.2, 0.25) is 0 Å². The Balaban J connectivity index is 1.35.